The van der Waals surface area contributed by atoms with Crippen LogP contribution in [0, 0.1) is 0 Å². The van der Waals surface area contributed by atoms with Crippen molar-refractivity contribution in [2.45, 2.75) is 37.6 Å². The molecule has 1 aliphatic carbocycles. The van der Waals surface area contributed by atoms with Gasteiger partial charge in [0.1, 0.15) is 12.6 Å². The molecule has 2 N–H and O–H groups in total. The van der Waals surface area contributed by atoms with E-state index in [2.05, 4.69) is 5.32 Å². The van der Waals surface area contributed by atoms with Gasteiger partial charge in [0.05, 0.1) is 0 Å². The van der Waals surface area contributed by atoms with Gasteiger partial charge in [0, 0.05) is 25.4 Å². The number of ether oxygens (including phenoxy) is 1. The molecule has 0 aromatic heterocycles. The van der Waals surface area contributed by atoms with E-state index in [1.54, 1.807) is 4.90 Å². The van der Waals surface area contributed by atoms with Crippen molar-refractivity contribution in [3.8, 4) is 11.1 Å². The molecular weight excluding hydrogens is 396 g/mol. The number of hydrogen-bond acceptors (Lipinski definition) is 4. The predicted molar refractivity (Wildman–Crippen MR) is 115 cm³/mol. The highest BCUT2D eigenvalue weighted by Crippen LogP contribution is 2.44. The van der Waals surface area contributed by atoms with Crippen LogP contribution in [0.3, 0.4) is 0 Å². The monoisotopic (exact) mass is 422 g/mol. The third-order valence-corrected chi connectivity index (χ3v) is 6.04. The zero-order valence-electron chi connectivity index (χ0n) is 17.3. The van der Waals surface area contributed by atoms with Gasteiger partial charge in [0.25, 0.3) is 0 Å². The van der Waals surface area contributed by atoms with Crippen molar-refractivity contribution >= 4 is 18.0 Å². The molecule has 0 saturated carbocycles. The molecule has 2 amide bonds. The van der Waals surface area contributed by atoms with Gasteiger partial charge in [-0.1, -0.05) is 48.5 Å². The minimum Gasteiger partial charge on any atom is -0.480 e. The normalized spacial score (nSPS) is 15.8. The Hall–Kier alpha value is -3.35. The first-order chi connectivity index (χ1) is 15.0. The molecule has 2 aromatic rings. The first-order valence-corrected chi connectivity index (χ1v) is 10.7. The van der Waals surface area contributed by atoms with Crippen molar-refractivity contribution in [3.05, 3.63) is 59.7 Å². The summed E-state index contributed by atoms with van der Waals surface area (Å²) in [4.78, 5) is 37.8. The van der Waals surface area contributed by atoms with E-state index < -0.39 is 18.1 Å². The summed E-state index contributed by atoms with van der Waals surface area (Å²) >= 11 is 0. The van der Waals surface area contributed by atoms with Gasteiger partial charge in [0.2, 0.25) is 5.91 Å². The van der Waals surface area contributed by atoms with Crippen LogP contribution in [0.1, 0.15) is 42.7 Å². The summed E-state index contributed by atoms with van der Waals surface area (Å²) in [6.07, 6.45) is 1.29. The molecule has 7 heteroatoms. The Balaban J connectivity index is 1.34. The highest BCUT2D eigenvalue weighted by atomic mass is 16.5. The van der Waals surface area contributed by atoms with Crippen LogP contribution < -0.4 is 5.32 Å². The number of benzene rings is 2. The van der Waals surface area contributed by atoms with Crippen LogP contribution in [-0.4, -0.2) is 53.7 Å². The number of likely N-dealkylation sites (tertiary alicyclic amines) is 1. The lowest BCUT2D eigenvalue weighted by atomic mass is 9.98. The van der Waals surface area contributed by atoms with Crippen LogP contribution >= 0.6 is 0 Å². The fraction of sp³-hybridized carbons (Fsp3) is 0.375. The van der Waals surface area contributed by atoms with E-state index in [0.29, 0.717) is 0 Å². The van der Waals surface area contributed by atoms with Gasteiger partial charge in [-0.25, -0.2) is 9.59 Å². The van der Waals surface area contributed by atoms with Gasteiger partial charge in [-0.3, -0.25) is 4.79 Å². The molecule has 0 radical (unpaired) electrons. The van der Waals surface area contributed by atoms with Gasteiger partial charge in [-0.15, -0.1) is 0 Å². The van der Waals surface area contributed by atoms with Gasteiger partial charge < -0.3 is 20.1 Å². The number of carbonyl (C=O) groups excluding carboxylic acids is 2. The number of nitrogens with zero attached hydrogens (tertiary/aromatic N) is 1. The number of amides is 2. The maximum atomic E-state index is 12.3. The average molecular weight is 422 g/mol. The van der Waals surface area contributed by atoms with Crippen molar-refractivity contribution in [1.82, 2.24) is 10.2 Å². The Morgan fingerprint density at radius 2 is 1.58 bits per heavy atom. The van der Waals surface area contributed by atoms with Gasteiger partial charge in [-0.2, -0.15) is 0 Å². The number of alkyl carbamates (subject to hydrolysis) is 1. The number of carboxylic acid groups (broad SMARTS) is 1. The third-order valence-electron chi connectivity index (χ3n) is 6.04. The molecule has 7 nitrogen and oxygen atoms in total. The Morgan fingerprint density at radius 1 is 1.00 bits per heavy atom. The Kier molecular flexibility index (Phi) is 6.21. The Labute approximate surface area is 181 Å². The van der Waals surface area contributed by atoms with E-state index >= 15 is 0 Å². The SMILES string of the molecule is O=C(N[C@@H](CCC(=O)N1CCCC1)C(=O)O)OCC1c2ccccc2-c2ccccc21. The summed E-state index contributed by atoms with van der Waals surface area (Å²) in [6.45, 7) is 1.55. The van der Waals surface area contributed by atoms with E-state index in [1.807, 2.05) is 48.5 Å². The first-order valence-electron chi connectivity index (χ1n) is 10.7. The van der Waals surface area contributed by atoms with Crippen molar-refractivity contribution in [2.24, 2.45) is 0 Å². The highest BCUT2D eigenvalue weighted by molar-refractivity contribution is 5.82. The summed E-state index contributed by atoms with van der Waals surface area (Å²) in [5.74, 6) is -1.35. The van der Waals surface area contributed by atoms with E-state index in [4.69, 9.17) is 4.74 Å². The zero-order valence-corrected chi connectivity index (χ0v) is 17.3. The van der Waals surface area contributed by atoms with E-state index in [0.717, 1.165) is 48.2 Å². The maximum Gasteiger partial charge on any atom is 0.407 e. The van der Waals surface area contributed by atoms with Gasteiger partial charge in [-0.05, 0) is 41.5 Å². The van der Waals surface area contributed by atoms with Crippen LogP contribution in [0.5, 0.6) is 0 Å². The van der Waals surface area contributed by atoms with Gasteiger partial charge in [0.15, 0.2) is 0 Å². The number of carboxylic acids is 1. The average Bonchev–Trinajstić information content (AvgIpc) is 3.42. The van der Waals surface area contributed by atoms with Crippen LogP contribution in [0.2, 0.25) is 0 Å². The lowest BCUT2D eigenvalue weighted by molar-refractivity contribution is -0.139. The fourth-order valence-corrected chi connectivity index (χ4v) is 4.43. The number of aliphatic carboxylic acids is 1. The molecule has 1 saturated heterocycles. The van der Waals surface area contributed by atoms with Crippen molar-refractivity contribution in [3.63, 3.8) is 0 Å². The predicted octanol–water partition coefficient (Wildman–Crippen LogP) is 3.38. The molecule has 1 heterocycles. The molecule has 162 valence electrons. The van der Waals surface area contributed by atoms with E-state index in [1.165, 1.54) is 0 Å². The number of nitrogens with one attached hydrogen (secondary N) is 1. The smallest absolute Gasteiger partial charge is 0.407 e. The van der Waals surface area contributed by atoms with Crippen LogP contribution in [0.25, 0.3) is 11.1 Å². The highest BCUT2D eigenvalue weighted by Gasteiger charge is 2.30. The number of rotatable bonds is 7. The molecule has 0 spiro atoms. The Morgan fingerprint density at radius 3 is 2.16 bits per heavy atom. The summed E-state index contributed by atoms with van der Waals surface area (Å²) in [6, 6.07) is 14.8. The molecule has 1 fully saturated rings. The second kappa shape index (κ2) is 9.20. The maximum absolute atomic E-state index is 12.3. The number of fused-ring (bicyclic) bond motifs is 3. The van der Waals surface area contributed by atoms with Crippen LogP contribution in [0.4, 0.5) is 4.79 Å². The molecule has 2 aliphatic rings. The largest absolute Gasteiger partial charge is 0.480 e. The van der Waals surface area contributed by atoms with Crippen LogP contribution in [0.15, 0.2) is 48.5 Å². The number of hydrogen-bond donors (Lipinski definition) is 2. The lowest BCUT2D eigenvalue weighted by Crippen LogP contribution is -2.42. The topological polar surface area (TPSA) is 95.9 Å². The third kappa shape index (κ3) is 4.55. The molecular formula is C24H26N2O5. The van der Waals surface area contributed by atoms with E-state index in [-0.39, 0.29) is 31.3 Å². The lowest BCUT2D eigenvalue weighted by Gasteiger charge is -2.19. The summed E-state index contributed by atoms with van der Waals surface area (Å²) in [5.41, 5.74) is 4.41. The van der Waals surface area contributed by atoms with Crippen molar-refractivity contribution in [1.29, 1.82) is 0 Å². The minimum atomic E-state index is -1.18. The minimum absolute atomic E-state index is 0.0366. The number of carbonyl (C=O) groups is 3. The van der Waals surface area contributed by atoms with Gasteiger partial charge >= 0.3 is 12.1 Å². The molecule has 1 aliphatic heterocycles. The molecule has 1 atom stereocenters. The summed E-state index contributed by atoms with van der Waals surface area (Å²) in [5, 5.41) is 11.8. The standard InChI is InChI=1S/C24H26N2O5/c27-22(26-13-5-6-14-26)12-11-21(23(28)29)25-24(30)31-15-20-18-9-3-1-7-16(18)17-8-2-4-10-19(17)20/h1-4,7-10,20-21H,5-6,11-15H2,(H,25,30)(H,28,29)/t21-/m0/s1. The van der Waals surface area contributed by atoms with Crippen molar-refractivity contribution < 1.29 is 24.2 Å². The summed E-state index contributed by atoms with van der Waals surface area (Å²) in [7, 11) is 0. The molecule has 0 unspecified atom stereocenters. The van der Waals surface area contributed by atoms with Crippen molar-refractivity contribution in [2.75, 3.05) is 19.7 Å². The second-order valence-corrected chi connectivity index (χ2v) is 7.99. The van der Waals surface area contributed by atoms with E-state index in [9.17, 15) is 19.5 Å². The second-order valence-electron chi connectivity index (χ2n) is 7.99. The van der Waals surface area contributed by atoms with Crippen LogP contribution in [-0.2, 0) is 14.3 Å². The molecule has 31 heavy (non-hydrogen) atoms. The molecule has 2 aromatic carbocycles. The zero-order chi connectivity index (χ0) is 21.8. The molecule has 4 rings (SSSR count). The summed E-state index contributed by atoms with van der Waals surface area (Å²) < 4.78 is 5.42. The Bertz CT molecular complexity index is 938. The fourth-order valence-electron chi connectivity index (χ4n) is 4.43. The molecule has 0 bridgehead atoms. The quantitative estimate of drug-likeness (QED) is 0.713. The first kappa shape index (κ1) is 20.9.